The van der Waals surface area contributed by atoms with Gasteiger partial charge in [-0.25, -0.2) is 0 Å². The summed E-state index contributed by atoms with van der Waals surface area (Å²) in [4.78, 5) is 16.4. The van der Waals surface area contributed by atoms with Crippen LogP contribution in [0.4, 0.5) is 0 Å². The number of nitrogens with zero attached hydrogens (tertiary/aromatic N) is 2. The van der Waals surface area contributed by atoms with E-state index in [4.69, 9.17) is 9.26 Å². The second kappa shape index (κ2) is 8.76. The Labute approximate surface area is 148 Å². The molecule has 1 N–H and O–H groups in total. The van der Waals surface area contributed by atoms with E-state index in [9.17, 15) is 4.79 Å². The lowest BCUT2D eigenvalue weighted by Crippen LogP contribution is -2.23. The first-order valence-electron chi connectivity index (χ1n) is 9.03. The molecule has 0 spiro atoms. The highest BCUT2D eigenvalue weighted by Crippen LogP contribution is 2.25. The van der Waals surface area contributed by atoms with Crippen LogP contribution in [0.1, 0.15) is 73.6 Å². The topological polar surface area (TPSA) is 77.2 Å². The Morgan fingerprint density at radius 3 is 2.68 bits per heavy atom. The average molecular weight is 343 g/mol. The van der Waals surface area contributed by atoms with Gasteiger partial charge in [-0.05, 0) is 31.9 Å². The Morgan fingerprint density at radius 1 is 1.24 bits per heavy atom. The second-order valence-corrected chi connectivity index (χ2v) is 6.49. The first kappa shape index (κ1) is 17.6. The summed E-state index contributed by atoms with van der Waals surface area (Å²) >= 11 is 0. The number of aromatic nitrogens is 2. The number of rotatable bonds is 6. The van der Waals surface area contributed by atoms with Crippen LogP contribution in [0.5, 0.6) is 0 Å². The molecule has 1 saturated carbocycles. The third-order valence-electron chi connectivity index (χ3n) is 4.47. The van der Waals surface area contributed by atoms with Crippen molar-refractivity contribution in [2.24, 2.45) is 0 Å². The lowest BCUT2D eigenvalue weighted by Gasteiger charge is -2.18. The molecule has 0 radical (unpaired) electrons. The number of nitrogens with one attached hydrogen (secondary N) is 1. The third-order valence-corrected chi connectivity index (χ3v) is 4.47. The maximum atomic E-state index is 12.0. The maximum Gasteiger partial charge on any atom is 0.255 e. The van der Waals surface area contributed by atoms with Crippen LogP contribution in [0.3, 0.4) is 0 Å². The van der Waals surface area contributed by atoms with Crippen molar-refractivity contribution in [3.05, 3.63) is 47.6 Å². The van der Waals surface area contributed by atoms with Crippen molar-refractivity contribution in [1.29, 1.82) is 0 Å². The van der Waals surface area contributed by atoms with Gasteiger partial charge in [0.1, 0.15) is 6.10 Å². The number of hydrogen-bond acceptors (Lipinski definition) is 5. The van der Waals surface area contributed by atoms with Crippen molar-refractivity contribution in [2.75, 3.05) is 0 Å². The molecule has 0 unspecified atom stereocenters. The SMILES string of the molecule is C[C@H](OC1CCCCCC1)c1nc(CNC(=O)c2ccccc2)no1. The number of carbonyl (C=O) groups is 1. The standard InChI is InChI=1S/C19H25N3O3/c1-14(24-16-11-7-2-3-8-12-16)19-21-17(22-25-19)13-20-18(23)15-9-5-4-6-10-15/h4-6,9-10,14,16H,2-3,7-8,11-13H2,1H3,(H,20,23)/t14-/m0/s1. The largest absolute Gasteiger partial charge is 0.365 e. The lowest BCUT2D eigenvalue weighted by molar-refractivity contribution is -0.0259. The van der Waals surface area contributed by atoms with Gasteiger partial charge in [0.2, 0.25) is 0 Å². The molecule has 1 atom stereocenters. The van der Waals surface area contributed by atoms with Gasteiger partial charge in [-0.3, -0.25) is 4.79 Å². The third kappa shape index (κ3) is 5.13. The molecule has 1 aliphatic carbocycles. The van der Waals surface area contributed by atoms with Crippen LogP contribution in [-0.4, -0.2) is 22.2 Å². The van der Waals surface area contributed by atoms with Crippen LogP contribution in [0.15, 0.2) is 34.9 Å². The molecule has 1 aromatic heterocycles. The van der Waals surface area contributed by atoms with Crippen molar-refractivity contribution < 1.29 is 14.1 Å². The van der Waals surface area contributed by atoms with Crippen molar-refractivity contribution in [1.82, 2.24) is 15.5 Å². The van der Waals surface area contributed by atoms with Gasteiger partial charge in [0, 0.05) is 5.56 Å². The quantitative estimate of drug-likeness (QED) is 0.807. The highest BCUT2D eigenvalue weighted by molar-refractivity contribution is 5.93. The summed E-state index contributed by atoms with van der Waals surface area (Å²) in [7, 11) is 0. The molecular weight excluding hydrogens is 318 g/mol. The molecule has 0 aliphatic heterocycles. The van der Waals surface area contributed by atoms with Crippen molar-refractivity contribution in [2.45, 2.75) is 64.2 Å². The highest BCUT2D eigenvalue weighted by Gasteiger charge is 2.21. The maximum absolute atomic E-state index is 12.0. The molecule has 2 aromatic rings. The number of carbonyl (C=O) groups excluding carboxylic acids is 1. The molecule has 0 bridgehead atoms. The summed E-state index contributed by atoms with van der Waals surface area (Å²) in [6, 6.07) is 9.05. The van der Waals surface area contributed by atoms with Gasteiger partial charge in [0.15, 0.2) is 5.82 Å². The van der Waals surface area contributed by atoms with E-state index in [-0.39, 0.29) is 24.7 Å². The molecule has 1 amide bonds. The van der Waals surface area contributed by atoms with E-state index in [1.807, 2.05) is 25.1 Å². The number of benzene rings is 1. The Balaban J connectivity index is 1.50. The van der Waals surface area contributed by atoms with Crippen LogP contribution in [0, 0.1) is 0 Å². The summed E-state index contributed by atoms with van der Waals surface area (Å²) in [5.41, 5.74) is 0.608. The second-order valence-electron chi connectivity index (χ2n) is 6.49. The van der Waals surface area contributed by atoms with Crippen LogP contribution in [0.2, 0.25) is 0 Å². The minimum atomic E-state index is -0.228. The zero-order chi connectivity index (χ0) is 17.5. The van der Waals surface area contributed by atoms with Crippen LogP contribution in [-0.2, 0) is 11.3 Å². The fraction of sp³-hybridized carbons (Fsp3) is 0.526. The Kier molecular flexibility index (Phi) is 6.17. The predicted octanol–water partition coefficient (Wildman–Crippen LogP) is 3.80. The molecule has 1 heterocycles. The number of ether oxygens (including phenoxy) is 1. The van der Waals surface area contributed by atoms with Crippen molar-refractivity contribution in [3.8, 4) is 0 Å². The van der Waals surface area contributed by atoms with Gasteiger partial charge < -0.3 is 14.6 Å². The van der Waals surface area contributed by atoms with Gasteiger partial charge in [0.05, 0.1) is 12.6 Å². The Hall–Kier alpha value is -2.21. The number of amides is 1. The van der Waals surface area contributed by atoms with Crippen molar-refractivity contribution in [3.63, 3.8) is 0 Å². The highest BCUT2D eigenvalue weighted by atomic mass is 16.5. The molecular formula is C19H25N3O3. The summed E-state index contributed by atoms with van der Waals surface area (Å²) in [6.07, 6.45) is 7.26. The monoisotopic (exact) mass is 343 g/mol. The minimum Gasteiger partial charge on any atom is -0.365 e. The van der Waals surface area contributed by atoms with E-state index in [1.54, 1.807) is 12.1 Å². The van der Waals surface area contributed by atoms with E-state index < -0.39 is 0 Å². The van der Waals surface area contributed by atoms with E-state index in [2.05, 4.69) is 15.5 Å². The smallest absolute Gasteiger partial charge is 0.255 e. The molecule has 134 valence electrons. The molecule has 3 rings (SSSR count). The average Bonchev–Trinajstić information content (AvgIpc) is 2.98. The summed E-state index contributed by atoms with van der Waals surface area (Å²) in [6.45, 7) is 2.16. The zero-order valence-corrected chi connectivity index (χ0v) is 14.6. The van der Waals surface area contributed by atoms with Crippen LogP contribution in [0.25, 0.3) is 0 Å². The van der Waals surface area contributed by atoms with E-state index in [0.29, 0.717) is 17.3 Å². The zero-order valence-electron chi connectivity index (χ0n) is 14.6. The molecule has 25 heavy (non-hydrogen) atoms. The van der Waals surface area contributed by atoms with Gasteiger partial charge in [-0.15, -0.1) is 0 Å². The normalized spacial score (nSPS) is 17.0. The Bertz CT molecular complexity index is 664. The first-order valence-corrected chi connectivity index (χ1v) is 9.03. The van der Waals surface area contributed by atoms with E-state index >= 15 is 0 Å². The number of hydrogen-bond donors (Lipinski definition) is 1. The molecule has 6 nitrogen and oxygen atoms in total. The first-order chi connectivity index (χ1) is 12.2. The summed E-state index contributed by atoms with van der Waals surface area (Å²) < 4.78 is 11.4. The minimum absolute atomic E-state index is 0.158. The molecule has 1 fully saturated rings. The molecule has 1 aromatic carbocycles. The van der Waals surface area contributed by atoms with E-state index in [1.165, 1.54) is 25.7 Å². The molecule has 6 heteroatoms. The van der Waals surface area contributed by atoms with Gasteiger partial charge in [-0.2, -0.15) is 4.98 Å². The van der Waals surface area contributed by atoms with Gasteiger partial charge in [-0.1, -0.05) is 49.0 Å². The summed E-state index contributed by atoms with van der Waals surface area (Å²) in [5.74, 6) is 0.763. The predicted molar refractivity (Wildman–Crippen MR) is 92.9 cm³/mol. The van der Waals surface area contributed by atoms with E-state index in [0.717, 1.165) is 12.8 Å². The van der Waals surface area contributed by atoms with Gasteiger partial charge >= 0.3 is 0 Å². The van der Waals surface area contributed by atoms with Crippen LogP contribution < -0.4 is 5.32 Å². The fourth-order valence-corrected chi connectivity index (χ4v) is 3.08. The van der Waals surface area contributed by atoms with Crippen molar-refractivity contribution >= 4 is 5.91 Å². The molecule has 1 aliphatic rings. The van der Waals surface area contributed by atoms with Gasteiger partial charge in [0.25, 0.3) is 11.8 Å². The summed E-state index contributed by atoms with van der Waals surface area (Å²) in [5, 5.41) is 6.73. The molecule has 0 saturated heterocycles. The lowest BCUT2D eigenvalue weighted by atomic mass is 10.1. The van der Waals surface area contributed by atoms with Crippen LogP contribution >= 0.6 is 0 Å². The fourth-order valence-electron chi connectivity index (χ4n) is 3.08. The Morgan fingerprint density at radius 2 is 1.96 bits per heavy atom.